The lowest BCUT2D eigenvalue weighted by Gasteiger charge is -2.23. The van der Waals surface area contributed by atoms with Crippen molar-refractivity contribution < 1.29 is 37.1 Å². The fourth-order valence-corrected chi connectivity index (χ4v) is 8.47. The molecule has 0 aliphatic heterocycles. The molecular weight excluding hydrogens is 950 g/mol. The molecule has 16 heteroatoms. The molecule has 3 heterocycles. The van der Waals surface area contributed by atoms with Gasteiger partial charge in [-0.15, -0.1) is 0 Å². The number of benzene rings is 5. The van der Waals surface area contributed by atoms with Crippen molar-refractivity contribution in [2.45, 2.75) is 57.5 Å². The molecule has 0 amide bonds. The van der Waals surface area contributed by atoms with Gasteiger partial charge < -0.3 is 9.94 Å². The summed E-state index contributed by atoms with van der Waals surface area (Å²) in [6.07, 6.45) is 11.5. The lowest BCUT2D eigenvalue weighted by Crippen LogP contribution is -2.19. The summed E-state index contributed by atoms with van der Waals surface area (Å²) in [7, 11) is 0. The SMILES string of the molecule is Clc1cc2cc(OC3CCCCC3)ccc2cn1.Fc1ccc2c(Cl)nc(Cl)cc2c1.Fc1ccc2cnc(Cl)cc2c1.O=C1/C(=N/O)Cc2cc(F)ccc21.O=C1CCc2cc(F)ccc21. The molecular formula is C51H38Cl4F4N4O4. The first-order valence-corrected chi connectivity index (χ1v) is 22.4. The highest BCUT2D eigenvalue weighted by atomic mass is 35.5. The number of Topliss-reactive ketones (excluding diaryl/α,β-unsaturated/α-hetero) is 2. The molecule has 11 rings (SSSR count). The summed E-state index contributed by atoms with van der Waals surface area (Å²) in [4.78, 5) is 34.2. The highest BCUT2D eigenvalue weighted by Gasteiger charge is 2.27. The van der Waals surface area contributed by atoms with Crippen molar-refractivity contribution in [1.82, 2.24) is 15.0 Å². The average Bonchev–Trinajstić information content (AvgIpc) is 3.83. The molecule has 5 aromatic carbocycles. The van der Waals surface area contributed by atoms with E-state index in [1.54, 1.807) is 42.7 Å². The van der Waals surface area contributed by atoms with E-state index in [-0.39, 0.29) is 52.1 Å². The zero-order valence-electron chi connectivity index (χ0n) is 35.3. The summed E-state index contributed by atoms with van der Waals surface area (Å²) in [6.45, 7) is 0. The molecule has 8 aromatic rings. The van der Waals surface area contributed by atoms with E-state index >= 15 is 0 Å². The summed E-state index contributed by atoms with van der Waals surface area (Å²) >= 11 is 23.0. The van der Waals surface area contributed by atoms with Crippen LogP contribution in [-0.2, 0) is 12.8 Å². The maximum atomic E-state index is 12.8. The van der Waals surface area contributed by atoms with Crippen LogP contribution in [0.2, 0.25) is 20.6 Å². The topological polar surface area (TPSA) is 115 Å². The van der Waals surface area contributed by atoms with Crippen LogP contribution in [0.5, 0.6) is 5.75 Å². The number of carbonyl (C=O) groups excluding carboxylic acids is 2. The van der Waals surface area contributed by atoms with Crippen LogP contribution in [-0.4, -0.2) is 43.5 Å². The molecule has 0 spiro atoms. The van der Waals surface area contributed by atoms with Crippen molar-refractivity contribution in [3.8, 4) is 5.75 Å². The van der Waals surface area contributed by atoms with E-state index in [2.05, 4.69) is 26.2 Å². The van der Waals surface area contributed by atoms with E-state index in [9.17, 15) is 27.2 Å². The van der Waals surface area contributed by atoms with Crippen molar-refractivity contribution in [1.29, 1.82) is 0 Å². The summed E-state index contributed by atoms with van der Waals surface area (Å²) in [5.74, 6) is -0.450. The van der Waals surface area contributed by atoms with Crippen molar-refractivity contribution in [3.63, 3.8) is 0 Å². The van der Waals surface area contributed by atoms with Crippen LogP contribution in [0.1, 0.15) is 70.4 Å². The van der Waals surface area contributed by atoms with E-state index < -0.39 is 0 Å². The van der Waals surface area contributed by atoms with Gasteiger partial charge >= 0.3 is 0 Å². The van der Waals surface area contributed by atoms with E-state index in [0.717, 1.165) is 32.9 Å². The normalized spacial score (nSPS) is 14.5. The molecule has 0 radical (unpaired) electrons. The molecule has 0 bridgehead atoms. The summed E-state index contributed by atoms with van der Waals surface area (Å²) < 4.78 is 56.8. The molecule has 3 aromatic heterocycles. The zero-order valence-corrected chi connectivity index (χ0v) is 38.3. The molecule has 3 aliphatic rings. The molecule has 342 valence electrons. The predicted octanol–water partition coefficient (Wildman–Crippen LogP) is 14.7. The van der Waals surface area contributed by atoms with Gasteiger partial charge in [-0.25, -0.2) is 32.5 Å². The molecule has 3 aliphatic carbocycles. The zero-order chi connectivity index (χ0) is 47.6. The highest BCUT2D eigenvalue weighted by Crippen LogP contribution is 2.28. The monoisotopic (exact) mass is 986 g/mol. The van der Waals surface area contributed by atoms with Gasteiger partial charge in [0.15, 0.2) is 5.78 Å². The molecule has 0 atom stereocenters. The maximum Gasteiger partial charge on any atom is 0.211 e. The quantitative estimate of drug-likeness (QED) is 0.0794. The number of rotatable bonds is 2. The molecule has 67 heavy (non-hydrogen) atoms. The number of hydrogen-bond donors (Lipinski definition) is 1. The van der Waals surface area contributed by atoms with Crippen LogP contribution in [0, 0.1) is 23.3 Å². The second-order valence-electron chi connectivity index (χ2n) is 15.6. The number of carbonyl (C=O) groups is 2. The van der Waals surface area contributed by atoms with Gasteiger partial charge in [-0.1, -0.05) is 58.0 Å². The standard InChI is InChI=1S/C15H16ClNO.C9H4Cl2FN.C9H5ClFN.C9H6FNO2.C9H7FO/c16-15-9-12-8-14(7-6-11(12)10-17-15)18-13-4-2-1-3-5-13;10-8-4-5-3-6(12)1-2-7(5)9(11)13-8;10-9-4-7-3-8(11)2-1-6(7)5-12-9;10-6-1-2-7-5(3-6)4-8(11-13)9(7)12;10-7-2-3-8-6(5-7)1-4-9(8)11/h6-10,13H,1-5H2;1-4H;1-5H;1-3,13H,4H2;2-3,5H,1,4H2/b;;;11-8+;. The number of nitrogens with zero attached hydrogens (tertiary/aromatic N) is 4. The molecule has 0 unspecified atom stereocenters. The van der Waals surface area contributed by atoms with Gasteiger partial charge in [0.25, 0.3) is 0 Å². The summed E-state index contributed by atoms with van der Waals surface area (Å²) in [5.41, 5.74) is 2.63. The summed E-state index contributed by atoms with van der Waals surface area (Å²) in [6, 6.07) is 28.3. The third kappa shape index (κ3) is 13.0. The van der Waals surface area contributed by atoms with Crippen LogP contribution in [0.15, 0.2) is 127 Å². The maximum absolute atomic E-state index is 12.8. The number of aryl methyl sites for hydroxylation is 1. The minimum atomic E-state index is -0.384. The van der Waals surface area contributed by atoms with Crippen LogP contribution in [0.4, 0.5) is 17.6 Å². The third-order valence-electron chi connectivity index (χ3n) is 10.9. The Balaban J connectivity index is 0.000000126. The van der Waals surface area contributed by atoms with Crippen LogP contribution < -0.4 is 4.74 Å². The Hall–Kier alpha value is -6.18. The number of halogens is 8. The van der Waals surface area contributed by atoms with Gasteiger partial charge in [-0.2, -0.15) is 0 Å². The van der Waals surface area contributed by atoms with Gasteiger partial charge in [0, 0.05) is 52.5 Å². The fourth-order valence-electron chi connectivity index (χ4n) is 7.63. The van der Waals surface area contributed by atoms with Crippen molar-refractivity contribution in [2.24, 2.45) is 5.16 Å². The second kappa shape index (κ2) is 22.5. The number of oxime groups is 1. The Kier molecular flexibility index (Phi) is 16.4. The van der Waals surface area contributed by atoms with Gasteiger partial charge in [0.05, 0.1) is 6.10 Å². The summed E-state index contributed by atoms with van der Waals surface area (Å²) in [5, 5.41) is 18.0. The van der Waals surface area contributed by atoms with Gasteiger partial charge in [-0.3, -0.25) is 9.59 Å². The number of aromatic nitrogens is 3. The van der Waals surface area contributed by atoms with Gasteiger partial charge in [0.1, 0.15) is 55.3 Å². The number of pyridine rings is 3. The van der Waals surface area contributed by atoms with E-state index in [0.29, 0.717) is 61.9 Å². The first-order valence-electron chi connectivity index (χ1n) is 20.9. The fraction of sp³-hybridized carbons (Fsp3) is 0.176. The number of fused-ring (bicyclic) bond motifs is 5. The van der Waals surface area contributed by atoms with E-state index in [1.807, 2.05) is 18.2 Å². The lowest BCUT2D eigenvalue weighted by molar-refractivity contribution is 0.0993. The van der Waals surface area contributed by atoms with Crippen molar-refractivity contribution in [2.75, 3.05) is 0 Å². The minimum Gasteiger partial charge on any atom is -0.490 e. The Morgan fingerprint density at radius 2 is 1.12 bits per heavy atom. The lowest BCUT2D eigenvalue weighted by atomic mass is 9.98. The van der Waals surface area contributed by atoms with Crippen LogP contribution in [0.25, 0.3) is 32.3 Å². The Morgan fingerprint density at radius 1 is 0.567 bits per heavy atom. The molecule has 1 fully saturated rings. The van der Waals surface area contributed by atoms with Crippen LogP contribution in [0.3, 0.4) is 0 Å². The van der Waals surface area contributed by atoms with Gasteiger partial charge in [0.2, 0.25) is 5.78 Å². The first kappa shape index (κ1) is 48.7. The first-order chi connectivity index (χ1) is 32.2. The van der Waals surface area contributed by atoms with E-state index in [1.165, 1.54) is 86.7 Å². The van der Waals surface area contributed by atoms with Crippen molar-refractivity contribution >= 4 is 96.0 Å². The number of ketones is 2. The number of ether oxygens (including phenoxy) is 1. The van der Waals surface area contributed by atoms with Crippen LogP contribution >= 0.6 is 46.4 Å². The van der Waals surface area contributed by atoms with Crippen molar-refractivity contribution in [3.05, 3.63) is 188 Å². The third-order valence-corrected chi connectivity index (χ3v) is 11.8. The Morgan fingerprint density at radius 3 is 1.79 bits per heavy atom. The molecule has 1 saturated carbocycles. The smallest absolute Gasteiger partial charge is 0.211 e. The predicted molar refractivity (Wildman–Crippen MR) is 255 cm³/mol. The average molecular weight is 989 g/mol. The largest absolute Gasteiger partial charge is 0.490 e. The minimum absolute atomic E-state index is 0.0700. The molecule has 8 nitrogen and oxygen atoms in total. The second-order valence-corrected chi connectivity index (χ2v) is 17.1. The highest BCUT2D eigenvalue weighted by molar-refractivity contribution is 6.49. The molecule has 1 N–H and O–H groups in total. The number of hydrogen-bond acceptors (Lipinski definition) is 8. The molecule has 0 saturated heterocycles. The Bertz CT molecular complexity index is 3110. The van der Waals surface area contributed by atoms with Gasteiger partial charge in [-0.05, 0) is 169 Å². The Labute approximate surface area is 402 Å². The van der Waals surface area contributed by atoms with E-state index in [4.69, 9.17) is 56.3 Å².